The SMILES string of the molecule is COc1cc2nn(C3CCC(CN(C)C4CCNCC4)CC3)cc2cc1NC(=O)c1cccc(C(F)(F)F)n1. The molecular weight excluding hydrogens is 509 g/mol. The van der Waals surface area contributed by atoms with Crippen LogP contribution in [0.1, 0.15) is 60.7 Å². The zero-order valence-electron chi connectivity index (χ0n) is 22.3. The third-order valence-electron chi connectivity index (χ3n) is 8.03. The molecule has 2 N–H and O–H groups in total. The van der Waals surface area contributed by atoms with E-state index in [1.54, 1.807) is 12.1 Å². The molecule has 2 fully saturated rings. The fourth-order valence-electron chi connectivity index (χ4n) is 5.83. The van der Waals surface area contributed by atoms with Crippen molar-refractivity contribution in [1.29, 1.82) is 0 Å². The number of fused-ring (bicyclic) bond motifs is 1. The van der Waals surface area contributed by atoms with Gasteiger partial charge in [-0.25, -0.2) is 4.98 Å². The van der Waals surface area contributed by atoms with Crippen LogP contribution in [0.2, 0.25) is 0 Å². The summed E-state index contributed by atoms with van der Waals surface area (Å²) in [6.07, 6.45) is 4.20. The van der Waals surface area contributed by atoms with Crippen LogP contribution in [0, 0.1) is 5.92 Å². The summed E-state index contributed by atoms with van der Waals surface area (Å²) < 4.78 is 46.6. The molecule has 0 atom stereocenters. The van der Waals surface area contributed by atoms with E-state index < -0.39 is 17.8 Å². The number of nitrogens with one attached hydrogen (secondary N) is 2. The Kier molecular flexibility index (Phi) is 8.08. The summed E-state index contributed by atoms with van der Waals surface area (Å²) in [6.45, 7) is 3.35. The number of amides is 1. The number of hydrogen-bond donors (Lipinski definition) is 2. The first kappa shape index (κ1) is 27.4. The zero-order chi connectivity index (χ0) is 27.6. The van der Waals surface area contributed by atoms with Crippen molar-refractivity contribution in [2.45, 2.75) is 56.8 Å². The molecule has 1 aliphatic carbocycles. The highest BCUT2D eigenvalue weighted by molar-refractivity contribution is 6.05. The smallest absolute Gasteiger partial charge is 0.433 e. The molecule has 0 unspecified atom stereocenters. The minimum absolute atomic E-state index is 0.302. The van der Waals surface area contributed by atoms with Gasteiger partial charge in [-0.05, 0) is 82.8 Å². The highest BCUT2D eigenvalue weighted by atomic mass is 19.4. The molecule has 5 rings (SSSR count). The number of benzene rings is 1. The predicted octanol–water partition coefficient (Wildman–Crippen LogP) is 5.13. The molecule has 1 saturated carbocycles. The number of hydrogen-bond acceptors (Lipinski definition) is 6. The third-order valence-corrected chi connectivity index (χ3v) is 8.03. The molecule has 0 spiro atoms. The summed E-state index contributed by atoms with van der Waals surface area (Å²) in [4.78, 5) is 18.8. The van der Waals surface area contributed by atoms with E-state index in [1.807, 2.05) is 10.9 Å². The topological polar surface area (TPSA) is 84.3 Å². The van der Waals surface area contributed by atoms with Crippen molar-refractivity contribution >= 4 is 22.5 Å². The van der Waals surface area contributed by atoms with Crippen molar-refractivity contribution < 1.29 is 22.7 Å². The summed E-state index contributed by atoms with van der Waals surface area (Å²) in [7, 11) is 3.73. The van der Waals surface area contributed by atoms with Gasteiger partial charge >= 0.3 is 6.18 Å². The first-order valence-electron chi connectivity index (χ1n) is 13.5. The van der Waals surface area contributed by atoms with Gasteiger partial charge in [-0.15, -0.1) is 0 Å². The number of ether oxygens (including phenoxy) is 1. The van der Waals surface area contributed by atoms with E-state index in [2.05, 4.69) is 27.6 Å². The van der Waals surface area contributed by atoms with Gasteiger partial charge < -0.3 is 20.3 Å². The van der Waals surface area contributed by atoms with Gasteiger partial charge in [0, 0.05) is 30.2 Å². The van der Waals surface area contributed by atoms with Crippen molar-refractivity contribution in [3.05, 3.63) is 47.9 Å². The third kappa shape index (κ3) is 6.36. The summed E-state index contributed by atoms with van der Waals surface area (Å²) in [5.41, 5.74) is -0.370. The van der Waals surface area contributed by atoms with Crippen LogP contribution < -0.4 is 15.4 Å². The molecule has 39 heavy (non-hydrogen) atoms. The molecule has 8 nitrogen and oxygen atoms in total. The lowest BCUT2D eigenvalue weighted by Crippen LogP contribution is -2.43. The summed E-state index contributed by atoms with van der Waals surface area (Å²) >= 11 is 0. The first-order valence-corrected chi connectivity index (χ1v) is 13.5. The number of anilines is 1. The Balaban J connectivity index is 1.25. The molecule has 3 heterocycles. The minimum Gasteiger partial charge on any atom is -0.494 e. The van der Waals surface area contributed by atoms with Crippen LogP contribution in [0.3, 0.4) is 0 Å². The quantitative estimate of drug-likeness (QED) is 0.429. The van der Waals surface area contributed by atoms with Gasteiger partial charge in [-0.1, -0.05) is 6.07 Å². The number of nitrogens with zero attached hydrogens (tertiary/aromatic N) is 4. The second-order valence-electron chi connectivity index (χ2n) is 10.7. The fourth-order valence-corrected chi connectivity index (χ4v) is 5.83. The van der Waals surface area contributed by atoms with Crippen LogP contribution in [-0.2, 0) is 6.18 Å². The summed E-state index contributed by atoms with van der Waals surface area (Å²) in [5.74, 6) is 0.314. The number of rotatable bonds is 7. The lowest BCUT2D eigenvalue weighted by atomic mass is 9.85. The molecule has 3 aromatic rings. The molecule has 1 saturated heterocycles. The number of carbonyl (C=O) groups excluding carboxylic acids is 1. The second-order valence-corrected chi connectivity index (χ2v) is 10.7. The van der Waals surface area contributed by atoms with Crippen LogP contribution >= 0.6 is 0 Å². The molecule has 1 aromatic carbocycles. The van der Waals surface area contributed by atoms with Gasteiger partial charge in [0.15, 0.2) is 0 Å². The Bertz CT molecular complexity index is 1300. The van der Waals surface area contributed by atoms with E-state index in [0.717, 1.165) is 68.4 Å². The van der Waals surface area contributed by atoms with Crippen molar-refractivity contribution in [1.82, 2.24) is 25.0 Å². The van der Waals surface area contributed by atoms with Gasteiger partial charge in [0.1, 0.15) is 17.1 Å². The van der Waals surface area contributed by atoms with E-state index in [4.69, 9.17) is 9.84 Å². The van der Waals surface area contributed by atoms with Crippen molar-refractivity contribution in [2.24, 2.45) is 5.92 Å². The summed E-state index contributed by atoms with van der Waals surface area (Å²) in [6, 6.07) is 7.69. The van der Waals surface area contributed by atoms with E-state index in [-0.39, 0.29) is 5.69 Å². The number of halogens is 3. The fraction of sp³-hybridized carbons (Fsp3) is 0.536. The highest BCUT2D eigenvalue weighted by Crippen LogP contribution is 2.36. The van der Waals surface area contributed by atoms with Crippen LogP contribution in [0.25, 0.3) is 10.9 Å². The molecule has 1 amide bonds. The highest BCUT2D eigenvalue weighted by Gasteiger charge is 2.33. The Morgan fingerprint density at radius 1 is 1.15 bits per heavy atom. The molecule has 1 aliphatic heterocycles. The molecule has 0 bridgehead atoms. The molecule has 2 aliphatic rings. The Morgan fingerprint density at radius 2 is 1.90 bits per heavy atom. The van der Waals surface area contributed by atoms with Gasteiger partial charge in [0.25, 0.3) is 5.91 Å². The predicted molar refractivity (Wildman–Crippen MR) is 143 cm³/mol. The van der Waals surface area contributed by atoms with Crippen molar-refractivity contribution in [3.8, 4) is 5.75 Å². The molecular formula is C28H35F3N6O2. The Hall–Kier alpha value is -3.18. The van der Waals surface area contributed by atoms with Gasteiger partial charge in [0.2, 0.25) is 0 Å². The van der Waals surface area contributed by atoms with Gasteiger partial charge in [0.05, 0.1) is 24.4 Å². The number of aromatic nitrogens is 3. The maximum Gasteiger partial charge on any atom is 0.433 e. The van der Waals surface area contributed by atoms with E-state index in [9.17, 15) is 18.0 Å². The average Bonchev–Trinajstić information content (AvgIpc) is 3.36. The zero-order valence-corrected chi connectivity index (χ0v) is 22.3. The van der Waals surface area contributed by atoms with E-state index >= 15 is 0 Å². The molecule has 11 heteroatoms. The van der Waals surface area contributed by atoms with Crippen LogP contribution in [0.15, 0.2) is 36.5 Å². The maximum absolute atomic E-state index is 13.0. The molecule has 0 radical (unpaired) electrons. The Morgan fingerprint density at radius 3 is 2.59 bits per heavy atom. The van der Waals surface area contributed by atoms with E-state index in [0.29, 0.717) is 29.4 Å². The average molecular weight is 545 g/mol. The van der Waals surface area contributed by atoms with Gasteiger partial charge in [-0.2, -0.15) is 18.3 Å². The Labute approximate surface area is 225 Å². The largest absolute Gasteiger partial charge is 0.494 e. The number of piperidine rings is 1. The van der Waals surface area contributed by atoms with E-state index in [1.165, 1.54) is 26.0 Å². The normalized spacial score (nSPS) is 20.9. The van der Waals surface area contributed by atoms with Crippen LogP contribution in [-0.4, -0.2) is 65.4 Å². The second kappa shape index (κ2) is 11.5. The lowest BCUT2D eigenvalue weighted by Gasteiger charge is -2.36. The number of methoxy groups -OCH3 is 1. The number of alkyl halides is 3. The lowest BCUT2D eigenvalue weighted by molar-refractivity contribution is -0.141. The van der Waals surface area contributed by atoms with Crippen LogP contribution in [0.4, 0.5) is 18.9 Å². The molecule has 210 valence electrons. The van der Waals surface area contributed by atoms with Gasteiger partial charge in [-0.3, -0.25) is 9.48 Å². The standard InChI is InChI=1S/C28H35F3N6O2/c1-36(20-10-12-32-13-11-20)16-18-6-8-21(9-7-18)37-17-19-14-24(25(39-2)15-23(19)35-37)34-27(38)22-4-3-5-26(33-22)28(29,30)31/h3-5,14-15,17-18,20-21,32H,6-13,16H2,1-2H3,(H,34,38). The van der Waals surface area contributed by atoms with Crippen LogP contribution in [0.5, 0.6) is 5.75 Å². The minimum atomic E-state index is -4.64. The van der Waals surface area contributed by atoms with Crippen molar-refractivity contribution in [2.75, 3.05) is 39.1 Å². The monoisotopic (exact) mass is 544 g/mol. The number of carbonyl (C=O) groups is 1. The maximum atomic E-state index is 13.0. The summed E-state index contributed by atoms with van der Waals surface area (Å²) in [5, 5.41) is 11.7. The number of pyridine rings is 1. The first-order chi connectivity index (χ1) is 18.7. The molecule has 2 aromatic heterocycles. The van der Waals surface area contributed by atoms with Crippen molar-refractivity contribution in [3.63, 3.8) is 0 Å².